The lowest BCUT2D eigenvalue weighted by Gasteiger charge is -2.37. The fourth-order valence-corrected chi connectivity index (χ4v) is 4.23. The Bertz CT molecular complexity index is 1060. The van der Waals surface area contributed by atoms with E-state index in [1.807, 2.05) is 18.2 Å². The summed E-state index contributed by atoms with van der Waals surface area (Å²) in [5.41, 5.74) is 6.67. The monoisotopic (exact) mass is 454 g/mol. The van der Waals surface area contributed by atoms with Crippen LogP contribution in [0.2, 0.25) is 0 Å². The summed E-state index contributed by atoms with van der Waals surface area (Å²) in [5.74, 6) is 1.25. The molecule has 3 amide bonds. The largest absolute Gasteiger partial charge is 0.496 e. The van der Waals surface area contributed by atoms with Crippen LogP contribution in [0.15, 0.2) is 59.1 Å². The highest BCUT2D eigenvalue weighted by Crippen LogP contribution is 2.42. The highest BCUT2D eigenvalue weighted by Gasteiger charge is 2.41. The number of ether oxygens (including phenoxy) is 3. The summed E-state index contributed by atoms with van der Waals surface area (Å²) in [6.07, 6.45) is 9.10. The number of methoxy groups -OCH3 is 1. The van der Waals surface area contributed by atoms with Gasteiger partial charge in [-0.25, -0.2) is 14.6 Å². The van der Waals surface area contributed by atoms with Crippen molar-refractivity contribution in [2.45, 2.75) is 12.8 Å². The minimum Gasteiger partial charge on any atom is -0.496 e. The first-order chi connectivity index (χ1) is 16.0. The second kappa shape index (κ2) is 9.78. The second-order valence-electron chi connectivity index (χ2n) is 7.99. The molecule has 2 atom stereocenters. The number of nitrogens with one attached hydrogen (secondary N) is 2. The number of aromatic nitrogens is 1. The van der Waals surface area contributed by atoms with Gasteiger partial charge in [0.25, 0.3) is 0 Å². The van der Waals surface area contributed by atoms with Gasteiger partial charge in [0.1, 0.15) is 12.4 Å². The van der Waals surface area contributed by atoms with Crippen LogP contribution in [-0.2, 0) is 9.47 Å². The molecule has 1 aromatic carbocycles. The number of hydrogen-bond donors (Lipinski definition) is 3. The molecule has 2 aromatic rings. The summed E-state index contributed by atoms with van der Waals surface area (Å²) in [4.78, 5) is 27.9. The lowest BCUT2D eigenvalue weighted by Crippen LogP contribution is -2.40. The van der Waals surface area contributed by atoms with E-state index in [9.17, 15) is 9.59 Å². The summed E-state index contributed by atoms with van der Waals surface area (Å²) in [6, 6.07) is 4.83. The van der Waals surface area contributed by atoms with Crippen molar-refractivity contribution in [3.05, 3.63) is 54.7 Å². The molecule has 0 spiro atoms. The van der Waals surface area contributed by atoms with Crippen molar-refractivity contribution in [2.75, 3.05) is 32.2 Å². The van der Waals surface area contributed by atoms with Crippen molar-refractivity contribution >= 4 is 17.8 Å². The molecule has 0 saturated carbocycles. The molecule has 1 fully saturated rings. The number of anilines is 1. The van der Waals surface area contributed by atoms with E-state index in [1.165, 1.54) is 6.39 Å². The first kappa shape index (κ1) is 22.4. The molecule has 0 bridgehead atoms. The number of amides is 3. The Morgan fingerprint density at radius 2 is 2.21 bits per heavy atom. The van der Waals surface area contributed by atoms with Crippen LogP contribution in [0.5, 0.6) is 5.75 Å². The van der Waals surface area contributed by atoms with Crippen LogP contribution in [-0.4, -0.2) is 44.0 Å². The molecule has 2 aliphatic rings. The van der Waals surface area contributed by atoms with E-state index in [0.29, 0.717) is 42.5 Å². The normalized spacial score (nSPS) is 21.8. The molecule has 33 heavy (non-hydrogen) atoms. The van der Waals surface area contributed by atoms with Gasteiger partial charge < -0.3 is 35.0 Å². The first-order valence-electron chi connectivity index (χ1n) is 10.5. The first-order valence-corrected chi connectivity index (χ1v) is 10.5. The Labute approximate surface area is 190 Å². The Balaban J connectivity index is 1.43. The van der Waals surface area contributed by atoms with Gasteiger partial charge in [0.2, 0.25) is 0 Å². The van der Waals surface area contributed by atoms with E-state index in [4.69, 9.17) is 24.4 Å². The fraction of sp³-hybridized carbons (Fsp3) is 0.348. The molecule has 1 aromatic heterocycles. The minimum atomic E-state index is -0.828. The standard InChI is InChI=1S/C23H26N4O6/c1-30-19-9-16(4-5-18(19)20-11-25-14-33-20)26-22(29)27-17-3-2-7-23(10-17,13-32-21(24)28)15-6-8-31-12-15/h2-5,7,9,11,14-15H,6,8,10,12-13H2,1H3,(H2,24,28)(H2,26,27,29)/t15?,23-/m0/s1. The molecular formula is C23H26N4O6. The summed E-state index contributed by atoms with van der Waals surface area (Å²) in [5, 5.41) is 5.70. The number of nitrogens with two attached hydrogens (primary N) is 1. The lowest BCUT2D eigenvalue weighted by atomic mass is 9.70. The van der Waals surface area contributed by atoms with E-state index in [2.05, 4.69) is 15.6 Å². The van der Waals surface area contributed by atoms with E-state index in [-0.39, 0.29) is 12.5 Å². The third kappa shape index (κ3) is 5.17. The molecule has 174 valence electrons. The number of oxazole rings is 1. The average molecular weight is 454 g/mol. The van der Waals surface area contributed by atoms with E-state index in [0.717, 1.165) is 12.0 Å². The lowest BCUT2D eigenvalue weighted by molar-refractivity contribution is 0.0670. The van der Waals surface area contributed by atoms with Gasteiger partial charge in [0, 0.05) is 35.9 Å². The van der Waals surface area contributed by atoms with E-state index in [1.54, 1.807) is 31.5 Å². The molecule has 1 aliphatic carbocycles. The summed E-state index contributed by atoms with van der Waals surface area (Å²) in [6.45, 7) is 1.33. The molecular weight excluding hydrogens is 428 g/mol. The number of nitrogens with zero attached hydrogens (tertiary/aromatic N) is 1. The topological polar surface area (TPSA) is 138 Å². The van der Waals surface area contributed by atoms with Crippen LogP contribution in [0.3, 0.4) is 0 Å². The number of hydrogen-bond acceptors (Lipinski definition) is 7. The van der Waals surface area contributed by atoms with Gasteiger partial charge in [-0.3, -0.25) is 0 Å². The molecule has 10 heteroatoms. The third-order valence-electron chi connectivity index (χ3n) is 5.90. The molecule has 1 saturated heterocycles. The average Bonchev–Trinajstić information content (AvgIpc) is 3.52. The fourth-order valence-electron chi connectivity index (χ4n) is 4.23. The molecule has 10 nitrogen and oxygen atoms in total. The Morgan fingerprint density at radius 1 is 1.33 bits per heavy atom. The number of carbonyl (C=O) groups is 2. The smallest absolute Gasteiger partial charge is 0.404 e. The third-order valence-corrected chi connectivity index (χ3v) is 5.90. The van der Waals surface area contributed by atoms with Gasteiger partial charge in [-0.15, -0.1) is 0 Å². The highest BCUT2D eigenvalue weighted by atomic mass is 16.5. The number of allylic oxidation sites excluding steroid dienone is 3. The number of primary amides is 1. The van der Waals surface area contributed by atoms with Crippen LogP contribution in [0, 0.1) is 11.3 Å². The number of urea groups is 1. The summed E-state index contributed by atoms with van der Waals surface area (Å²) >= 11 is 0. The van der Waals surface area contributed by atoms with Crippen molar-refractivity contribution in [3.8, 4) is 17.1 Å². The summed E-state index contributed by atoms with van der Waals surface area (Å²) in [7, 11) is 1.54. The van der Waals surface area contributed by atoms with Gasteiger partial charge in [0.05, 0.1) is 25.5 Å². The van der Waals surface area contributed by atoms with Crippen LogP contribution in [0.25, 0.3) is 11.3 Å². The zero-order valence-corrected chi connectivity index (χ0v) is 18.2. The van der Waals surface area contributed by atoms with Gasteiger partial charge in [-0.1, -0.05) is 12.2 Å². The maximum Gasteiger partial charge on any atom is 0.404 e. The van der Waals surface area contributed by atoms with Crippen molar-refractivity contribution in [3.63, 3.8) is 0 Å². The molecule has 4 N–H and O–H groups in total. The Hall–Kier alpha value is -3.79. The van der Waals surface area contributed by atoms with Crippen LogP contribution >= 0.6 is 0 Å². The maximum absolute atomic E-state index is 12.7. The minimum absolute atomic E-state index is 0.119. The molecule has 0 radical (unpaired) electrons. The number of carbonyl (C=O) groups excluding carboxylic acids is 2. The van der Waals surface area contributed by atoms with Crippen molar-refractivity contribution in [1.29, 1.82) is 0 Å². The van der Waals surface area contributed by atoms with E-state index < -0.39 is 17.5 Å². The molecule has 2 heterocycles. The van der Waals surface area contributed by atoms with Gasteiger partial charge in [-0.05, 0) is 30.5 Å². The van der Waals surface area contributed by atoms with E-state index >= 15 is 0 Å². The predicted octanol–water partition coefficient (Wildman–Crippen LogP) is 3.43. The van der Waals surface area contributed by atoms with Crippen LogP contribution in [0.4, 0.5) is 15.3 Å². The number of rotatable bonds is 7. The molecule has 1 aliphatic heterocycles. The van der Waals surface area contributed by atoms with Gasteiger partial charge in [0.15, 0.2) is 12.2 Å². The number of benzene rings is 1. The van der Waals surface area contributed by atoms with Crippen LogP contribution < -0.4 is 21.1 Å². The highest BCUT2D eigenvalue weighted by molar-refractivity contribution is 5.91. The Morgan fingerprint density at radius 3 is 2.91 bits per heavy atom. The SMILES string of the molecule is COc1cc(NC(=O)NC2=CC=C[C@](COC(N)=O)(C3CCOC3)C2)ccc1-c1cnco1. The zero-order chi connectivity index (χ0) is 23.3. The van der Waals surface area contributed by atoms with Crippen LogP contribution in [0.1, 0.15) is 12.8 Å². The second-order valence-corrected chi connectivity index (χ2v) is 7.99. The quantitative estimate of drug-likeness (QED) is 0.583. The molecule has 1 unspecified atom stereocenters. The molecule has 4 rings (SSSR count). The predicted molar refractivity (Wildman–Crippen MR) is 119 cm³/mol. The maximum atomic E-state index is 12.7. The Kier molecular flexibility index (Phi) is 6.64. The van der Waals surface area contributed by atoms with Gasteiger partial charge in [-0.2, -0.15) is 0 Å². The summed E-state index contributed by atoms with van der Waals surface area (Å²) < 4.78 is 21.5. The van der Waals surface area contributed by atoms with Gasteiger partial charge >= 0.3 is 12.1 Å². The zero-order valence-electron chi connectivity index (χ0n) is 18.2. The van der Waals surface area contributed by atoms with Crippen molar-refractivity contribution < 1.29 is 28.2 Å². The van der Waals surface area contributed by atoms with Crippen molar-refractivity contribution in [2.24, 2.45) is 17.1 Å². The van der Waals surface area contributed by atoms with Crippen molar-refractivity contribution in [1.82, 2.24) is 10.3 Å².